The minimum absolute atomic E-state index is 0.192. The van der Waals surface area contributed by atoms with Crippen molar-refractivity contribution in [2.75, 3.05) is 31.6 Å². The zero-order chi connectivity index (χ0) is 16.9. The number of carbonyl (C=O) groups excluding carboxylic acids is 2. The first-order valence-electron chi connectivity index (χ1n) is 6.84. The lowest BCUT2D eigenvalue weighted by molar-refractivity contribution is -0.178. The third-order valence-electron chi connectivity index (χ3n) is 3.30. The number of alkyl halides is 3. The third kappa shape index (κ3) is 5.75. The monoisotopic (exact) mass is 352 g/mol. The molecule has 11 heteroatoms. The molecule has 23 heavy (non-hydrogen) atoms. The Kier molecular flexibility index (Phi) is 5.88. The Morgan fingerprint density at radius 3 is 2.65 bits per heavy atom. The highest BCUT2D eigenvalue weighted by molar-refractivity contribution is 7.13. The van der Waals surface area contributed by atoms with Gasteiger partial charge < -0.3 is 15.0 Å². The molecule has 0 radical (unpaired) electrons. The van der Waals surface area contributed by atoms with Crippen molar-refractivity contribution in [2.45, 2.75) is 19.0 Å². The van der Waals surface area contributed by atoms with Crippen LogP contribution in [0.2, 0.25) is 0 Å². The number of piperidine rings is 1. The molecule has 1 saturated heterocycles. The fourth-order valence-corrected chi connectivity index (χ4v) is 2.62. The van der Waals surface area contributed by atoms with Crippen LogP contribution in [0.1, 0.15) is 12.8 Å². The summed E-state index contributed by atoms with van der Waals surface area (Å²) >= 11 is 1.20. The van der Waals surface area contributed by atoms with Crippen LogP contribution in [0, 0.1) is 5.92 Å². The summed E-state index contributed by atoms with van der Waals surface area (Å²) < 4.78 is 40.2. The molecule has 2 amide bonds. The molecule has 1 aliphatic heterocycles. The van der Waals surface area contributed by atoms with E-state index >= 15 is 0 Å². The first-order chi connectivity index (χ1) is 10.8. The van der Waals surface area contributed by atoms with Crippen LogP contribution in [0.4, 0.5) is 18.3 Å². The highest BCUT2D eigenvalue weighted by Gasteiger charge is 2.30. The number of ether oxygens (including phenoxy) is 1. The predicted octanol–water partition coefficient (Wildman–Crippen LogP) is 1.29. The van der Waals surface area contributed by atoms with Gasteiger partial charge in [0.2, 0.25) is 16.9 Å². The van der Waals surface area contributed by atoms with Gasteiger partial charge in [-0.25, -0.2) is 0 Å². The number of carbonyl (C=O) groups is 2. The molecule has 0 bridgehead atoms. The second-order valence-electron chi connectivity index (χ2n) is 5.00. The lowest BCUT2D eigenvalue weighted by Crippen LogP contribution is -2.43. The maximum atomic E-state index is 12.0. The molecule has 0 saturated carbocycles. The molecule has 2 rings (SSSR count). The van der Waals surface area contributed by atoms with Gasteiger partial charge in [-0.15, -0.1) is 10.2 Å². The van der Waals surface area contributed by atoms with Crippen molar-refractivity contribution < 1.29 is 27.5 Å². The molecule has 1 aromatic heterocycles. The summed E-state index contributed by atoms with van der Waals surface area (Å²) in [7, 11) is 0. The van der Waals surface area contributed by atoms with E-state index < -0.39 is 25.3 Å². The molecule has 0 aromatic carbocycles. The van der Waals surface area contributed by atoms with Crippen molar-refractivity contribution in [2.24, 2.45) is 5.92 Å². The van der Waals surface area contributed by atoms with E-state index in [-0.39, 0.29) is 11.8 Å². The molecule has 1 aromatic rings. The Bertz CT molecular complexity index is 530. The molecular formula is C12H15F3N4O3S. The molecule has 1 fully saturated rings. The molecule has 7 nitrogen and oxygen atoms in total. The standard InChI is InChI=1S/C12H15F3N4O3S/c13-12(14,15)6-22-5-9(20)19-3-1-8(2-4-19)10(21)17-11-18-16-7-23-11/h7-8H,1-6H2,(H,17,18,21). The first-order valence-corrected chi connectivity index (χ1v) is 7.72. The van der Waals surface area contributed by atoms with Crippen LogP contribution >= 0.6 is 11.3 Å². The minimum atomic E-state index is -4.45. The van der Waals surface area contributed by atoms with E-state index in [0.717, 1.165) is 0 Å². The molecular weight excluding hydrogens is 337 g/mol. The van der Waals surface area contributed by atoms with Gasteiger partial charge in [0.15, 0.2) is 0 Å². The van der Waals surface area contributed by atoms with Crippen molar-refractivity contribution in [1.82, 2.24) is 15.1 Å². The van der Waals surface area contributed by atoms with E-state index in [9.17, 15) is 22.8 Å². The smallest absolute Gasteiger partial charge is 0.362 e. The second-order valence-corrected chi connectivity index (χ2v) is 5.83. The van der Waals surface area contributed by atoms with Crippen LogP contribution in [-0.2, 0) is 14.3 Å². The molecule has 0 spiro atoms. The van der Waals surface area contributed by atoms with Crippen LogP contribution in [0.15, 0.2) is 5.51 Å². The zero-order valence-electron chi connectivity index (χ0n) is 12.0. The average Bonchev–Trinajstić information content (AvgIpc) is 2.99. The second kappa shape index (κ2) is 7.68. The van der Waals surface area contributed by atoms with Crippen LogP contribution < -0.4 is 5.32 Å². The maximum Gasteiger partial charge on any atom is 0.411 e. The molecule has 1 aliphatic rings. The van der Waals surface area contributed by atoms with Gasteiger partial charge in [-0.05, 0) is 12.8 Å². The van der Waals surface area contributed by atoms with E-state index in [4.69, 9.17) is 0 Å². The van der Waals surface area contributed by atoms with Crippen molar-refractivity contribution in [3.63, 3.8) is 0 Å². The van der Waals surface area contributed by atoms with Crippen molar-refractivity contribution in [1.29, 1.82) is 0 Å². The van der Waals surface area contributed by atoms with Gasteiger partial charge in [0, 0.05) is 19.0 Å². The van der Waals surface area contributed by atoms with Gasteiger partial charge in [-0.3, -0.25) is 9.59 Å². The SMILES string of the molecule is O=C(Nc1nncs1)C1CCN(C(=O)COCC(F)(F)F)CC1. The van der Waals surface area contributed by atoms with E-state index in [0.29, 0.717) is 31.1 Å². The molecule has 1 N–H and O–H groups in total. The third-order valence-corrected chi connectivity index (χ3v) is 3.91. The first kappa shape index (κ1) is 17.6. The fourth-order valence-electron chi connectivity index (χ4n) is 2.17. The number of rotatable bonds is 5. The number of nitrogens with zero attached hydrogens (tertiary/aromatic N) is 3. The molecule has 0 aliphatic carbocycles. The topological polar surface area (TPSA) is 84.4 Å². The molecule has 2 heterocycles. The van der Waals surface area contributed by atoms with Crippen LogP contribution in [-0.4, -0.2) is 59.4 Å². The summed E-state index contributed by atoms with van der Waals surface area (Å²) in [6.45, 7) is -1.44. The van der Waals surface area contributed by atoms with E-state index in [2.05, 4.69) is 20.3 Å². The Hall–Kier alpha value is -1.75. The number of likely N-dealkylation sites (tertiary alicyclic amines) is 1. The summed E-state index contributed by atoms with van der Waals surface area (Å²) in [6.07, 6.45) is -3.57. The minimum Gasteiger partial charge on any atom is -0.362 e. The van der Waals surface area contributed by atoms with Gasteiger partial charge in [0.25, 0.3) is 0 Å². The van der Waals surface area contributed by atoms with Crippen LogP contribution in [0.5, 0.6) is 0 Å². The highest BCUT2D eigenvalue weighted by Crippen LogP contribution is 2.20. The number of hydrogen-bond acceptors (Lipinski definition) is 6. The Labute approximate surface area is 133 Å². The number of aromatic nitrogens is 2. The van der Waals surface area contributed by atoms with E-state index in [1.54, 1.807) is 0 Å². The van der Waals surface area contributed by atoms with Gasteiger partial charge >= 0.3 is 6.18 Å². The fraction of sp³-hybridized carbons (Fsp3) is 0.667. The quantitative estimate of drug-likeness (QED) is 0.863. The summed E-state index contributed by atoms with van der Waals surface area (Å²) in [5.74, 6) is -0.960. The number of amides is 2. The zero-order valence-corrected chi connectivity index (χ0v) is 12.8. The predicted molar refractivity (Wildman–Crippen MR) is 74.7 cm³/mol. The molecule has 0 unspecified atom stereocenters. The normalized spacial score (nSPS) is 16.4. The largest absolute Gasteiger partial charge is 0.411 e. The summed E-state index contributed by atoms with van der Waals surface area (Å²) in [5, 5.41) is 10.4. The van der Waals surface area contributed by atoms with Gasteiger partial charge in [0.1, 0.15) is 18.7 Å². The maximum absolute atomic E-state index is 12.0. The number of halogens is 3. The van der Waals surface area contributed by atoms with E-state index in [1.165, 1.54) is 21.7 Å². The molecule has 0 atom stereocenters. The number of nitrogens with one attached hydrogen (secondary N) is 1. The van der Waals surface area contributed by atoms with Crippen LogP contribution in [0.3, 0.4) is 0 Å². The summed E-state index contributed by atoms with van der Waals surface area (Å²) in [4.78, 5) is 25.1. The lowest BCUT2D eigenvalue weighted by atomic mass is 9.96. The Morgan fingerprint density at radius 1 is 1.39 bits per heavy atom. The summed E-state index contributed by atoms with van der Waals surface area (Å²) in [6, 6.07) is 0. The summed E-state index contributed by atoms with van der Waals surface area (Å²) in [5.41, 5.74) is 1.50. The Balaban J connectivity index is 1.70. The number of hydrogen-bond donors (Lipinski definition) is 1. The van der Waals surface area contributed by atoms with E-state index in [1.807, 2.05) is 0 Å². The van der Waals surface area contributed by atoms with Gasteiger partial charge in [0.05, 0.1) is 0 Å². The van der Waals surface area contributed by atoms with Crippen LogP contribution in [0.25, 0.3) is 0 Å². The lowest BCUT2D eigenvalue weighted by Gasteiger charge is -2.31. The molecule has 128 valence electrons. The highest BCUT2D eigenvalue weighted by atomic mass is 32.1. The van der Waals surface area contributed by atoms with Gasteiger partial charge in [-0.2, -0.15) is 13.2 Å². The van der Waals surface area contributed by atoms with Crippen molar-refractivity contribution in [3.8, 4) is 0 Å². The Morgan fingerprint density at radius 2 is 2.09 bits per heavy atom. The average molecular weight is 352 g/mol. The van der Waals surface area contributed by atoms with Crippen molar-refractivity contribution >= 4 is 28.3 Å². The van der Waals surface area contributed by atoms with Crippen molar-refractivity contribution in [3.05, 3.63) is 5.51 Å². The van der Waals surface area contributed by atoms with Gasteiger partial charge in [-0.1, -0.05) is 11.3 Å². The number of anilines is 1.